The van der Waals surface area contributed by atoms with Crippen molar-refractivity contribution in [1.82, 2.24) is 5.06 Å². The van der Waals surface area contributed by atoms with E-state index in [9.17, 15) is 10.0 Å². The SMILES string of the molecule is CCOC(=O)C1CC(C)(C)N([O-])C(C)(C)C1. The maximum atomic E-state index is 12.1. The van der Waals surface area contributed by atoms with Gasteiger partial charge in [-0.3, -0.25) is 4.79 Å². The van der Waals surface area contributed by atoms with Crippen LogP contribution in [-0.4, -0.2) is 28.7 Å². The lowest BCUT2D eigenvalue weighted by molar-refractivity contribution is -0.154. The zero-order valence-electron chi connectivity index (χ0n) is 10.9. The van der Waals surface area contributed by atoms with Crippen molar-refractivity contribution in [1.29, 1.82) is 0 Å². The largest absolute Gasteiger partial charge is 0.784 e. The predicted octanol–water partition coefficient (Wildman–Crippen LogP) is 2.32. The van der Waals surface area contributed by atoms with Gasteiger partial charge in [0.2, 0.25) is 0 Å². The smallest absolute Gasteiger partial charge is 0.309 e. The summed E-state index contributed by atoms with van der Waals surface area (Å²) >= 11 is 0. The molecule has 4 heteroatoms. The van der Waals surface area contributed by atoms with E-state index in [0.717, 1.165) is 5.06 Å². The molecule has 0 unspecified atom stereocenters. The second-order valence-electron chi connectivity index (χ2n) is 5.78. The van der Waals surface area contributed by atoms with E-state index in [1.165, 1.54) is 0 Å². The highest BCUT2D eigenvalue weighted by Gasteiger charge is 2.43. The lowest BCUT2D eigenvalue weighted by Crippen LogP contribution is -2.58. The third kappa shape index (κ3) is 2.55. The summed E-state index contributed by atoms with van der Waals surface area (Å²) in [5, 5.41) is 13.2. The topological polar surface area (TPSA) is 52.6 Å². The van der Waals surface area contributed by atoms with Gasteiger partial charge in [-0.1, -0.05) is 0 Å². The van der Waals surface area contributed by atoms with Crippen molar-refractivity contribution in [3.05, 3.63) is 5.21 Å². The number of piperidine rings is 1. The highest BCUT2D eigenvalue weighted by atomic mass is 16.5. The number of hydrogen-bond acceptors (Lipinski definition) is 4. The van der Waals surface area contributed by atoms with E-state index >= 15 is 0 Å². The molecule has 4 nitrogen and oxygen atoms in total. The predicted molar refractivity (Wildman–Crippen MR) is 62.7 cm³/mol. The fourth-order valence-electron chi connectivity index (χ4n) is 2.69. The molecule has 1 aliphatic heterocycles. The maximum absolute atomic E-state index is 12.1. The molecule has 0 aromatic carbocycles. The number of ether oxygens (including phenoxy) is 1. The van der Waals surface area contributed by atoms with Gasteiger partial charge in [-0.15, -0.1) is 0 Å². The molecule has 1 rings (SSSR count). The Morgan fingerprint density at radius 1 is 1.31 bits per heavy atom. The Hall–Kier alpha value is -0.610. The molecule has 0 aromatic heterocycles. The van der Waals surface area contributed by atoms with Crippen molar-refractivity contribution >= 4 is 5.97 Å². The van der Waals surface area contributed by atoms with Crippen molar-refractivity contribution in [3.63, 3.8) is 0 Å². The standard InChI is InChI=1S/C12H22NO3/c1-6-16-10(14)9-7-11(2,3)13(15)12(4,5)8-9/h9H,6-8H2,1-5H3/q-1. The van der Waals surface area contributed by atoms with Gasteiger partial charge in [0.05, 0.1) is 12.5 Å². The third-order valence-corrected chi connectivity index (χ3v) is 3.21. The molecule has 0 atom stereocenters. The Kier molecular flexibility index (Phi) is 3.65. The molecule has 94 valence electrons. The molecule has 16 heavy (non-hydrogen) atoms. The number of carbonyl (C=O) groups is 1. The summed E-state index contributed by atoms with van der Waals surface area (Å²) in [7, 11) is 0. The molecule has 1 aliphatic rings. The van der Waals surface area contributed by atoms with Crippen molar-refractivity contribution in [2.75, 3.05) is 6.61 Å². The number of hydrogen-bond donors (Lipinski definition) is 0. The van der Waals surface area contributed by atoms with Crippen LogP contribution in [0, 0.1) is 11.1 Å². The van der Waals surface area contributed by atoms with Gasteiger partial charge in [-0.25, -0.2) is 0 Å². The summed E-state index contributed by atoms with van der Waals surface area (Å²) in [6, 6.07) is 0. The van der Waals surface area contributed by atoms with Crippen LogP contribution in [0.1, 0.15) is 47.5 Å². The first-order valence-corrected chi connectivity index (χ1v) is 5.85. The van der Waals surface area contributed by atoms with Crippen molar-refractivity contribution < 1.29 is 9.53 Å². The molecule has 1 fully saturated rings. The van der Waals surface area contributed by atoms with Gasteiger partial charge >= 0.3 is 5.97 Å². The highest BCUT2D eigenvalue weighted by Crippen LogP contribution is 2.40. The molecule has 0 bridgehead atoms. The lowest BCUT2D eigenvalue weighted by atomic mass is 9.75. The molecule has 0 aromatic rings. The Balaban J connectivity index is 2.82. The van der Waals surface area contributed by atoms with Gasteiger partial charge in [0.15, 0.2) is 0 Å². The summed E-state index contributed by atoms with van der Waals surface area (Å²) in [6.45, 7) is 9.73. The summed E-state index contributed by atoms with van der Waals surface area (Å²) < 4.78 is 5.04. The zero-order chi connectivity index (χ0) is 12.6. The van der Waals surface area contributed by atoms with Crippen molar-refractivity contribution in [2.24, 2.45) is 5.92 Å². The fraction of sp³-hybridized carbons (Fsp3) is 0.917. The number of carbonyl (C=O) groups excluding carboxylic acids is 1. The van der Waals surface area contributed by atoms with E-state index in [1.54, 1.807) is 6.92 Å². The average molecular weight is 228 g/mol. The van der Waals surface area contributed by atoms with Gasteiger partial charge in [0, 0.05) is 11.1 Å². The molecule has 0 N–H and O–H groups in total. The Bertz CT molecular complexity index is 255. The van der Waals surface area contributed by atoms with Crippen LogP contribution in [0.15, 0.2) is 0 Å². The van der Waals surface area contributed by atoms with Crippen molar-refractivity contribution in [3.8, 4) is 0 Å². The third-order valence-electron chi connectivity index (χ3n) is 3.21. The zero-order valence-corrected chi connectivity index (χ0v) is 10.9. The minimum atomic E-state index is -0.501. The summed E-state index contributed by atoms with van der Waals surface area (Å²) in [5.74, 6) is -0.327. The minimum absolute atomic E-state index is 0.157. The first-order valence-electron chi connectivity index (χ1n) is 5.85. The Morgan fingerprint density at radius 2 is 1.75 bits per heavy atom. The van der Waals surface area contributed by atoms with Gasteiger partial charge in [0.25, 0.3) is 0 Å². The molecular formula is C12H22NO3-. The Labute approximate surface area is 97.5 Å². The van der Waals surface area contributed by atoms with E-state index in [4.69, 9.17) is 4.74 Å². The van der Waals surface area contributed by atoms with E-state index in [1.807, 2.05) is 27.7 Å². The summed E-state index contributed by atoms with van der Waals surface area (Å²) in [5.41, 5.74) is -1.00. The van der Waals surface area contributed by atoms with Crippen LogP contribution in [0.5, 0.6) is 0 Å². The van der Waals surface area contributed by atoms with Crippen molar-refractivity contribution in [2.45, 2.75) is 58.5 Å². The summed E-state index contributed by atoms with van der Waals surface area (Å²) in [6.07, 6.45) is 1.14. The second kappa shape index (κ2) is 4.34. The molecule has 0 spiro atoms. The summed E-state index contributed by atoms with van der Waals surface area (Å²) in [4.78, 5) is 11.7. The van der Waals surface area contributed by atoms with Crippen LogP contribution in [-0.2, 0) is 9.53 Å². The maximum Gasteiger partial charge on any atom is 0.309 e. The number of esters is 1. The van der Waals surface area contributed by atoms with Crippen LogP contribution in [0.2, 0.25) is 0 Å². The first-order chi connectivity index (χ1) is 7.20. The van der Waals surface area contributed by atoms with Crippen LogP contribution in [0.4, 0.5) is 0 Å². The average Bonchev–Trinajstić information content (AvgIpc) is 2.13. The molecule has 0 aliphatic carbocycles. The minimum Gasteiger partial charge on any atom is -0.784 e. The highest BCUT2D eigenvalue weighted by molar-refractivity contribution is 5.73. The fourth-order valence-corrected chi connectivity index (χ4v) is 2.69. The van der Waals surface area contributed by atoms with Crippen LogP contribution >= 0.6 is 0 Å². The Morgan fingerprint density at radius 3 is 2.12 bits per heavy atom. The van der Waals surface area contributed by atoms with Gasteiger partial charge in [-0.05, 0) is 47.5 Å². The lowest BCUT2D eigenvalue weighted by Gasteiger charge is -2.59. The number of nitrogens with zero attached hydrogens (tertiary/aromatic N) is 1. The van der Waals surface area contributed by atoms with Crippen LogP contribution in [0.3, 0.4) is 0 Å². The van der Waals surface area contributed by atoms with E-state index in [2.05, 4.69) is 0 Å². The van der Waals surface area contributed by atoms with Gasteiger partial charge in [0.1, 0.15) is 0 Å². The second-order valence-corrected chi connectivity index (χ2v) is 5.78. The molecule has 1 saturated heterocycles. The van der Waals surface area contributed by atoms with Crippen LogP contribution in [0.25, 0.3) is 0 Å². The quantitative estimate of drug-likeness (QED) is 0.681. The van der Waals surface area contributed by atoms with Crippen LogP contribution < -0.4 is 0 Å². The molecular weight excluding hydrogens is 206 g/mol. The monoisotopic (exact) mass is 228 g/mol. The van der Waals surface area contributed by atoms with Gasteiger partial charge in [-0.2, -0.15) is 0 Å². The van der Waals surface area contributed by atoms with Gasteiger partial charge < -0.3 is 15.0 Å². The molecule has 1 heterocycles. The molecule has 0 saturated carbocycles. The molecule has 0 radical (unpaired) electrons. The first kappa shape index (κ1) is 13.5. The normalized spacial score (nSPS) is 25.4. The van der Waals surface area contributed by atoms with E-state index in [0.29, 0.717) is 19.4 Å². The van der Waals surface area contributed by atoms with E-state index < -0.39 is 11.1 Å². The molecule has 0 amide bonds. The number of rotatable bonds is 2. The number of hydroxylamine groups is 2. The van der Waals surface area contributed by atoms with E-state index in [-0.39, 0.29) is 11.9 Å².